The average Bonchev–Trinajstić information content (AvgIpc) is 2.89. The van der Waals surface area contributed by atoms with Gasteiger partial charge in [0.25, 0.3) is 5.91 Å². The van der Waals surface area contributed by atoms with Gasteiger partial charge in [-0.3, -0.25) is 14.9 Å². The normalized spacial score (nSPS) is 13.1. The maximum Gasteiger partial charge on any atom is 0.350 e. The highest BCUT2D eigenvalue weighted by Crippen LogP contribution is 2.26. The number of carbonyl (C=O) groups excluding carboxylic acids is 3. The van der Waals surface area contributed by atoms with E-state index in [1.807, 2.05) is 0 Å². The van der Waals surface area contributed by atoms with Crippen molar-refractivity contribution in [2.75, 3.05) is 17.2 Å². The number of carbonyl (C=O) groups is 3. The van der Waals surface area contributed by atoms with E-state index in [1.165, 1.54) is 6.08 Å². The van der Waals surface area contributed by atoms with E-state index >= 15 is 0 Å². The molecule has 0 saturated carbocycles. The number of benzene rings is 1. The van der Waals surface area contributed by atoms with Gasteiger partial charge in [-0.15, -0.1) is 0 Å². The number of aromatic nitrogens is 1. The SMILES string of the molecule is C=CCOC(=O)c1sc(NC(=O)c2ccc3c(c2)CCCC(=O)N3)nc1C. The molecule has 8 heteroatoms. The van der Waals surface area contributed by atoms with Gasteiger partial charge in [0.2, 0.25) is 5.91 Å². The zero-order chi connectivity index (χ0) is 19.4. The first-order valence-electron chi connectivity index (χ1n) is 8.47. The van der Waals surface area contributed by atoms with Crippen LogP contribution >= 0.6 is 11.3 Å². The summed E-state index contributed by atoms with van der Waals surface area (Å²) in [6, 6.07) is 5.16. The molecule has 0 aliphatic carbocycles. The molecule has 2 heterocycles. The number of hydrogen-bond donors (Lipinski definition) is 2. The number of rotatable bonds is 5. The van der Waals surface area contributed by atoms with Crippen molar-refractivity contribution in [3.8, 4) is 0 Å². The summed E-state index contributed by atoms with van der Waals surface area (Å²) in [5, 5.41) is 5.88. The van der Waals surface area contributed by atoms with E-state index in [1.54, 1.807) is 25.1 Å². The lowest BCUT2D eigenvalue weighted by Crippen LogP contribution is -2.13. The van der Waals surface area contributed by atoms with Gasteiger partial charge in [-0.2, -0.15) is 0 Å². The molecule has 0 fully saturated rings. The molecule has 3 rings (SSSR count). The van der Waals surface area contributed by atoms with Crippen LogP contribution in [-0.4, -0.2) is 29.4 Å². The Kier molecular flexibility index (Phi) is 5.66. The van der Waals surface area contributed by atoms with Crippen LogP contribution in [0.1, 0.15) is 44.1 Å². The summed E-state index contributed by atoms with van der Waals surface area (Å²) in [5.74, 6) is -0.834. The molecule has 0 atom stereocenters. The molecule has 2 aromatic rings. The van der Waals surface area contributed by atoms with Crippen molar-refractivity contribution in [3.63, 3.8) is 0 Å². The molecule has 0 radical (unpaired) electrons. The quantitative estimate of drug-likeness (QED) is 0.608. The number of hydrogen-bond acceptors (Lipinski definition) is 6. The van der Waals surface area contributed by atoms with Crippen molar-refractivity contribution >= 4 is 39.9 Å². The summed E-state index contributed by atoms with van der Waals surface area (Å²) in [7, 11) is 0. The maximum absolute atomic E-state index is 12.6. The van der Waals surface area contributed by atoms with E-state index in [0.29, 0.717) is 27.7 Å². The van der Waals surface area contributed by atoms with Crippen molar-refractivity contribution in [1.29, 1.82) is 0 Å². The Morgan fingerprint density at radius 1 is 1.41 bits per heavy atom. The molecule has 1 aliphatic rings. The van der Waals surface area contributed by atoms with E-state index < -0.39 is 5.97 Å². The van der Waals surface area contributed by atoms with Crippen LogP contribution in [0.25, 0.3) is 0 Å². The number of thiazole rings is 1. The lowest BCUT2D eigenvalue weighted by atomic mass is 10.0. The Balaban J connectivity index is 1.74. The summed E-state index contributed by atoms with van der Waals surface area (Å²) >= 11 is 1.06. The van der Waals surface area contributed by atoms with Crippen molar-refractivity contribution in [1.82, 2.24) is 4.98 Å². The fourth-order valence-electron chi connectivity index (χ4n) is 2.72. The number of amides is 2. The Morgan fingerprint density at radius 2 is 2.22 bits per heavy atom. The van der Waals surface area contributed by atoms with E-state index in [-0.39, 0.29) is 18.4 Å². The van der Waals surface area contributed by atoms with Gasteiger partial charge in [-0.05, 0) is 43.5 Å². The molecule has 27 heavy (non-hydrogen) atoms. The molecule has 0 saturated heterocycles. The highest BCUT2D eigenvalue weighted by atomic mass is 32.1. The van der Waals surface area contributed by atoms with Gasteiger partial charge >= 0.3 is 5.97 Å². The highest BCUT2D eigenvalue weighted by molar-refractivity contribution is 7.17. The molecule has 2 N–H and O–H groups in total. The second kappa shape index (κ2) is 8.13. The van der Waals surface area contributed by atoms with Gasteiger partial charge in [0.05, 0.1) is 5.69 Å². The molecule has 1 aromatic heterocycles. The van der Waals surface area contributed by atoms with Gasteiger partial charge in [-0.1, -0.05) is 24.0 Å². The van der Waals surface area contributed by atoms with E-state index in [9.17, 15) is 14.4 Å². The van der Waals surface area contributed by atoms with Gasteiger partial charge in [0.15, 0.2) is 5.13 Å². The van der Waals surface area contributed by atoms with E-state index in [0.717, 1.165) is 35.4 Å². The molecule has 1 aromatic carbocycles. The Morgan fingerprint density at radius 3 is 3.00 bits per heavy atom. The molecule has 0 unspecified atom stereocenters. The molecule has 7 nitrogen and oxygen atoms in total. The molecule has 0 bridgehead atoms. The summed E-state index contributed by atoms with van der Waals surface area (Å²) in [4.78, 5) is 40.7. The number of nitrogens with one attached hydrogen (secondary N) is 2. The second-order valence-corrected chi connectivity index (χ2v) is 7.05. The predicted molar refractivity (Wildman–Crippen MR) is 103 cm³/mol. The molecular weight excluding hydrogens is 366 g/mol. The van der Waals surface area contributed by atoms with Gasteiger partial charge < -0.3 is 10.1 Å². The first kappa shape index (κ1) is 18.8. The Hall–Kier alpha value is -3.00. The van der Waals surface area contributed by atoms with Crippen LogP contribution in [0.4, 0.5) is 10.8 Å². The number of nitrogens with zero attached hydrogens (tertiary/aromatic N) is 1. The Bertz CT molecular complexity index is 920. The topological polar surface area (TPSA) is 97.4 Å². The summed E-state index contributed by atoms with van der Waals surface area (Å²) in [5.41, 5.74) is 2.63. The van der Waals surface area contributed by atoms with Crippen LogP contribution in [0.3, 0.4) is 0 Å². The minimum Gasteiger partial charge on any atom is -0.457 e. The van der Waals surface area contributed by atoms with E-state index in [4.69, 9.17) is 4.74 Å². The zero-order valence-corrected chi connectivity index (χ0v) is 15.6. The maximum atomic E-state index is 12.6. The molecule has 140 valence electrons. The lowest BCUT2D eigenvalue weighted by Gasteiger charge is -2.09. The van der Waals surface area contributed by atoms with Crippen LogP contribution in [0.15, 0.2) is 30.9 Å². The van der Waals surface area contributed by atoms with Crippen molar-refractivity contribution in [2.45, 2.75) is 26.2 Å². The van der Waals surface area contributed by atoms with Crippen LogP contribution in [-0.2, 0) is 16.0 Å². The van der Waals surface area contributed by atoms with Crippen LogP contribution in [0, 0.1) is 6.92 Å². The predicted octanol–water partition coefficient (Wildman–Crippen LogP) is 3.32. The zero-order valence-electron chi connectivity index (χ0n) is 14.8. The van der Waals surface area contributed by atoms with Crippen molar-refractivity contribution in [2.24, 2.45) is 0 Å². The first-order chi connectivity index (χ1) is 13.0. The van der Waals surface area contributed by atoms with Crippen molar-refractivity contribution in [3.05, 3.63) is 52.6 Å². The molecule has 2 amide bonds. The number of anilines is 2. The Labute approximate surface area is 160 Å². The van der Waals surface area contributed by atoms with Crippen LogP contribution < -0.4 is 10.6 Å². The van der Waals surface area contributed by atoms with Crippen LogP contribution in [0.5, 0.6) is 0 Å². The molecule has 0 spiro atoms. The number of aryl methyl sites for hydroxylation is 2. The lowest BCUT2D eigenvalue weighted by molar-refractivity contribution is -0.116. The average molecular weight is 385 g/mol. The monoisotopic (exact) mass is 385 g/mol. The van der Waals surface area contributed by atoms with Gasteiger partial charge in [-0.25, -0.2) is 9.78 Å². The fraction of sp³-hybridized carbons (Fsp3) is 0.263. The minimum atomic E-state index is -0.494. The number of esters is 1. The first-order valence-corrected chi connectivity index (χ1v) is 9.29. The number of ether oxygens (including phenoxy) is 1. The smallest absolute Gasteiger partial charge is 0.350 e. The highest BCUT2D eigenvalue weighted by Gasteiger charge is 2.19. The largest absolute Gasteiger partial charge is 0.457 e. The number of fused-ring (bicyclic) bond motifs is 1. The van der Waals surface area contributed by atoms with Gasteiger partial charge in [0, 0.05) is 17.7 Å². The van der Waals surface area contributed by atoms with E-state index in [2.05, 4.69) is 22.2 Å². The third kappa shape index (κ3) is 4.40. The summed E-state index contributed by atoms with van der Waals surface area (Å²) < 4.78 is 5.01. The minimum absolute atomic E-state index is 0.0138. The summed E-state index contributed by atoms with van der Waals surface area (Å²) in [6.07, 6.45) is 3.42. The van der Waals surface area contributed by atoms with Gasteiger partial charge in [0.1, 0.15) is 11.5 Å². The second-order valence-electron chi connectivity index (χ2n) is 6.05. The third-order valence-electron chi connectivity index (χ3n) is 4.03. The third-order valence-corrected chi connectivity index (χ3v) is 5.08. The van der Waals surface area contributed by atoms with Crippen LogP contribution in [0.2, 0.25) is 0 Å². The summed E-state index contributed by atoms with van der Waals surface area (Å²) in [6.45, 7) is 5.29. The molecular formula is C19H19N3O4S. The van der Waals surface area contributed by atoms with Crippen molar-refractivity contribution < 1.29 is 19.1 Å². The standard InChI is InChI=1S/C19H19N3O4S/c1-3-9-26-18(25)16-11(2)20-19(27-16)22-17(24)13-7-8-14-12(10-13)5-4-6-15(23)21-14/h3,7-8,10H,1,4-6,9H2,2H3,(H,21,23)(H,20,22,24). The molecule has 1 aliphatic heterocycles. The fourth-order valence-corrected chi connectivity index (χ4v) is 3.58.